The summed E-state index contributed by atoms with van der Waals surface area (Å²) in [5.74, 6) is 0.212. The monoisotopic (exact) mass is 389 g/mol. The topological polar surface area (TPSA) is 74.1 Å². The molecular weight excluding hydrogens is 362 g/mol. The van der Waals surface area contributed by atoms with Crippen LogP contribution in [-0.2, 0) is 28.9 Å². The maximum Gasteiger partial charge on any atom is 0.328 e. The molecule has 2 heterocycles. The Balaban J connectivity index is 1.59. The zero-order chi connectivity index (χ0) is 19.2. The van der Waals surface area contributed by atoms with E-state index in [4.69, 9.17) is 4.74 Å². The Bertz CT molecular complexity index is 919. The molecule has 0 radical (unpaired) electrons. The highest BCUT2D eigenvalue weighted by atomic mass is 32.1. The Kier molecular flexibility index (Phi) is 4.82. The number of hydrogen-bond acceptors (Lipinski definition) is 6. The fraction of sp³-hybridized carbons (Fsp3) is 0.700. The van der Waals surface area contributed by atoms with Crippen LogP contribution in [0.3, 0.4) is 0 Å². The second-order valence-corrected chi connectivity index (χ2v) is 10.0. The molecule has 0 aliphatic heterocycles. The summed E-state index contributed by atoms with van der Waals surface area (Å²) in [4.78, 5) is 27.1. The Labute approximate surface area is 162 Å². The van der Waals surface area contributed by atoms with Gasteiger partial charge in [-0.3, -0.25) is 9.59 Å². The van der Waals surface area contributed by atoms with E-state index in [1.54, 1.807) is 11.3 Å². The number of esters is 1. The molecule has 7 heteroatoms. The molecule has 1 atom stereocenters. The molecule has 0 bridgehead atoms. The molecule has 0 amide bonds. The summed E-state index contributed by atoms with van der Waals surface area (Å²) in [5, 5.41) is 8.90. The minimum atomic E-state index is -0.394. The molecule has 2 aromatic heterocycles. The maximum absolute atomic E-state index is 13.0. The molecular formula is C20H27N3O3S. The van der Waals surface area contributed by atoms with Crippen LogP contribution in [0.2, 0.25) is 0 Å². The quantitative estimate of drug-likeness (QED) is 0.751. The average Bonchev–Trinajstić information content (AvgIpc) is 3.23. The van der Waals surface area contributed by atoms with Crippen LogP contribution < -0.4 is 5.56 Å². The molecule has 6 nitrogen and oxygen atoms in total. The van der Waals surface area contributed by atoms with Gasteiger partial charge < -0.3 is 4.74 Å². The predicted molar refractivity (Wildman–Crippen MR) is 105 cm³/mol. The molecule has 2 aliphatic rings. The third kappa shape index (κ3) is 3.66. The van der Waals surface area contributed by atoms with Gasteiger partial charge in [0.1, 0.15) is 12.6 Å². The number of carbonyl (C=O) groups excluding carboxylic acids is 1. The normalized spacial score (nSPS) is 20.8. The number of nitrogens with zero attached hydrogens (tertiary/aromatic N) is 3. The van der Waals surface area contributed by atoms with Crippen LogP contribution in [0.5, 0.6) is 0 Å². The molecule has 0 N–H and O–H groups in total. The van der Waals surface area contributed by atoms with E-state index < -0.39 is 5.97 Å². The minimum Gasteiger partial charge on any atom is -0.461 e. The molecule has 0 aromatic carbocycles. The number of hydrogen-bond donors (Lipinski definition) is 0. The van der Waals surface area contributed by atoms with Gasteiger partial charge in [-0.1, -0.05) is 26.0 Å². The average molecular weight is 390 g/mol. The molecule has 2 aliphatic carbocycles. The number of ether oxygens (including phenoxy) is 1. The highest BCUT2D eigenvalue weighted by molar-refractivity contribution is 7.18. The molecule has 2 aromatic rings. The van der Waals surface area contributed by atoms with Gasteiger partial charge in [-0.25, -0.2) is 0 Å². The molecule has 0 unspecified atom stereocenters. The van der Waals surface area contributed by atoms with Gasteiger partial charge in [-0.15, -0.1) is 16.4 Å². The summed E-state index contributed by atoms with van der Waals surface area (Å²) in [6.45, 7) is 6.67. The van der Waals surface area contributed by atoms with Crippen LogP contribution in [0, 0.1) is 11.3 Å². The van der Waals surface area contributed by atoms with E-state index in [0.717, 1.165) is 50.5 Å². The number of aromatic nitrogens is 3. The third-order valence-electron chi connectivity index (χ3n) is 6.04. The molecule has 4 rings (SSSR count). The summed E-state index contributed by atoms with van der Waals surface area (Å²) < 4.78 is 6.63. The van der Waals surface area contributed by atoms with Crippen molar-refractivity contribution in [2.45, 2.75) is 78.4 Å². The fourth-order valence-corrected chi connectivity index (χ4v) is 5.56. The van der Waals surface area contributed by atoms with E-state index in [2.05, 4.69) is 31.1 Å². The second kappa shape index (κ2) is 7.00. The molecule has 1 fully saturated rings. The van der Waals surface area contributed by atoms with E-state index in [1.807, 2.05) is 0 Å². The fourth-order valence-electron chi connectivity index (χ4n) is 4.32. The molecule has 27 heavy (non-hydrogen) atoms. The minimum absolute atomic E-state index is 0.00636. The summed E-state index contributed by atoms with van der Waals surface area (Å²) in [7, 11) is 0. The van der Waals surface area contributed by atoms with Crippen LogP contribution in [0.1, 0.15) is 63.3 Å². The largest absolute Gasteiger partial charge is 0.461 e. The first-order valence-corrected chi connectivity index (χ1v) is 10.7. The van der Waals surface area contributed by atoms with Crippen molar-refractivity contribution in [3.8, 4) is 0 Å². The Morgan fingerprint density at radius 1 is 1.26 bits per heavy atom. The van der Waals surface area contributed by atoms with Crippen LogP contribution >= 0.6 is 11.3 Å². The van der Waals surface area contributed by atoms with E-state index in [9.17, 15) is 9.59 Å². The van der Waals surface area contributed by atoms with Crippen molar-refractivity contribution in [1.82, 2.24) is 15.0 Å². The van der Waals surface area contributed by atoms with Crippen molar-refractivity contribution in [1.29, 1.82) is 0 Å². The highest BCUT2D eigenvalue weighted by Gasteiger charge is 2.32. The van der Waals surface area contributed by atoms with Gasteiger partial charge in [0.2, 0.25) is 0 Å². The lowest BCUT2D eigenvalue weighted by Crippen LogP contribution is -2.30. The lowest BCUT2D eigenvalue weighted by atomic mass is 9.72. The zero-order valence-corrected chi connectivity index (χ0v) is 17.1. The number of rotatable bonds is 3. The van der Waals surface area contributed by atoms with E-state index >= 15 is 0 Å². The summed E-state index contributed by atoms with van der Waals surface area (Å²) in [6.07, 6.45) is 6.98. The zero-order valence-electron chi connectivity index (χ0n) is 16.3. The summed E-state index contributed by atoms with van der Waals surface area (Å²) >= 11 is 1.58. The van der Waals surface area contributed by atoms with E-state index in [0.29, 0.717) is 16.1 Å². The van der Waals surface area contributed by atoms with Crippen LogP contribution in [0.25, 0.3) is 10.2 Å². The first-order valence-electron chi connectivity index (χ1n) is 9.90. The van der Waals surface area contributed by atoms with Crippen molar-refractivity contribution in [3.63, 3.8) is 0 Å². The lowest BCUT2D eigenvalue weighted by Gasteiger charge is -2.33. The molecule has 146 valence electrons. The van der Waals surface area contributed by atoms with Gasteiger partial charge in [0, 0.05) is 4.88 Å². The van der Waals surface area contributed by atoms with Crippen molar-refractivity contribution >= 4 is 27.5 Å². The SMILES string of the molecule is CC(C)(C)[C@H]1CCc2c(sc3nnn(CC(=O)OC4CCCC4)c(=O)c23)C1. The number of fused-ring (bicyclic) bond motifs is 3. The van der Waals surface area contributed by atoms with Gasteiger partial charge in [0.25, 0.3) is 5.56 Å². The number of thiophene rings is 1. The van der Waals surface area contributed by atoms with Gasteiger partial charge in [0.15, 0.2) is 4.83 Å². The van der Waals surface area contributed by atoms with Crippen LogP contribution in [0.4, 0.5) is 0 Å². The molecule has 0 spiro atoms. The number of carbonyl (C=O) groups is 1. The third-order valence-corrected chi connectivity index (χ3v) is 7.18. The van der Waals surface area contributed by atoms with E-state index in [1.165, 1.54) is 9.56 Å². The van der Waals surface area contributed by atoms with Crippen molar-refractivity contribution < 1.29 is 9.53 Å². The Morgan fingerprint density at radius 2 is 2.00 bits per heavy atom. The van der Waals surface area contributed by atoms with Gasteiger partial charge in [-0.2, -0.15) is 4.68 Å². The highest BCUT2D eigenvalue weighted by Crippen LogP contribution is 2.41. The van der Waals surface area contributed by atoms with Gasteiger partial charge in [0.05, 0.1) is 5.39 Å². The summed E-state index contributed by atoms with van der Waals surface area (Å²) in [6, 6.07) is 0. The molecule has 1 saturated carbocycles. The predicted octanol–water partition coefficient (Wildman–Crippen LogP) is 3.49. The maximum atomic E-state index is 13.0. The number of aryl methyl sites for hydroxylation is 1. The smallest absolute Gasteiger partial charge is 0.328 e. The Hall–Kier alpha value is -1.76. The van der Waals surface area contributed by atoms with Crippen molar-refractivity contribution in [2.75, 3.05) is 0 Å². The van der Waals surface area contributed by atoms with Crippen molar-refractivity contribution in [3.05, 3.63) is 20.8 Å². The standard InChI is InChI=1S/C20H27N3O3S/c1-20(2,3)12-8-9-14-15(10-12)27-18-17(14)19(25)23(22-21-18)11-16(24)26-13-6-4-5-7-13/h12-13H,4-11H2,1-3H3/t12-/m0/s1. The first-order chi connectivity index (χ1) is 12.8. The van der Waals surface area contributed by atoms with Crippen LogP contribution in [0.15, 0.2) is 4.79 Å². The van der Waals surface area contributed by atoms with Gasteiger partial charge in [-0.05, 0) is 61.8 Å². The lowest BCUT2D eigenvalue weighted by molar-refractivity contribution is -0.149. The second-order valence-electron chi connectivity index (χ2n) is 8.94. The summed E-state index contributed by atoms with van der Waals surface area (Å²) in [5.41, 5.74) is 1.16. The molecule has 0 saturated heterocycles. The van der Waals surface area contributed by atoms with Crippen molar-refractivity contribution in [2.24, 2.45) is 11.3 Å². The first kappa shape index (κ1) is 18.6. The van der Waals surface area contributed by atoms with Gasteiger partial charge >= 0.3 is 5.97 Å². The van der Waals surface area contributed by atoms with Crippen LogP contribution in [-0.4, -0.2) is 27.1 Å². The Morgan fingerprint density at radius 3 is 2.70 bits per heavy atom. The van der Waals surface area contributed by atoms with E-state index in [-0.39, 0.29) is 23.6 Å².